The minimum absolute atomic E-state index is 0.134. The fourth-order valence-electron chi connectivity index (χ4n) is 4.55. The van der Waals surface area contributed by atoms with Gasteiger partial charge in [-0.15, -0.1) is 0 Å². The van der Waals surface area contributed by atoms with Crippen LogP contribution in [0.4, 0.5) is 0 Å². The van der Waals surface area contributed by atoms with Gasteiger partial charge in [0.25, 0.3) is 0 Å². The van der Waals surface area contributed by atoms with Gasteiger partial charge in [0.2, 0.25) is 10.0 Å². The average Bonchev–Trinajstić information content (AvgIpc) is 3.02. The molecule has 3 aliphatic rings. The summed E-state index contributed by atoms with van der Waals surface area (Å²) in [5, 5.41) is -0.351. The second-order valence-corrected chi connectivity index (χ2v) is 10.8. The molecular weight excluding hydrogens is 354 g/mol. The maximum absolute atomic E-state index is 12.4. The molecule has 1 spiro atoms. The molecule has 0 unspecified atom stereocenters. The predicted octanol–water partition coefficient (Wildman–Crippen LogP) is 2.43. The van der Waals surface area contributed by atoms with E-state index in [0.717, 1.165) is 71.6 Å². The highest BCUT2D eigenvalue weighted by Gasteiger charge is 2.47. The van der Waals surface area contributed by atoms with Crippen molar-refractivity contribution in [1.82, 2.24) is 4.31 Å². The second kappa shape index (κ2) is 8.86. The van der Waals surface area contributed by atoms with E-state index in [-0.39, 0.29) is 10.9 Å². The zero-order chi connectivity index (χ0) is 18.6. The summed E-state index contributed by atoms with van der Waals surface area (Å²) in [6, 6.07) is 0. The average molecular weight is 390 g/mol. The minimum Gasteiger partial charge on any atom is -0.381 e. The van der Waals surface area contributed by atoms with Crippen LogP contribution in [0.5, 0.6) is 0 Å². The van der Waals surface area contributed by atoms with Crippen LogP contribution in [0.3, 0.4) is 0 Å². The van der Waals surface area contributed by atoms with E-state index in [2.05, 4.69) is 0 Å². The molecule has 3 saturated heterocycles. The van der Waals surface area contributed by atoms with Crippen LogP contribution in [0.1, 0.15) is 52.4 Å². The molecule has 26 heavy (non-hydrogen) atoms. The van der Waals surface area contributed by atoms with E-state index in [4.69, 9.17) is 14.2 Å². The molecule has 1 atom stereocenters. The number of ether oxygens (including phenoxy) is 3. The van der Waals surface area contributed by atoms with Crippen molar-refractivity contribution in [1.29, 1.82) is 0 Å². The predicted molar refractivity (Wildman–Crippen MR) is 101 cm³/mol. The van der Waals surface area contributed by atoms with Crippen LogP contribution < -0.4 is 0 Å². The number of piperidine rings is 1. The fourth-order valence-corrected chi connectivity index (χ4v) is 5.84. The minimum atomic E-state index is -3.15. The Labute approximate surface area is 158 Å². The first-order valence-electron chi connectivity index (χ1n) is 10.2. The molecule has 0 aliphatic carbocycles. The number of rotatable bonds is 7. The smallest absolute Gasteiger partial charge is 0.216 e. The molecule has 7 heteroatoms. The molecule has 0 aromatic rings. The standard InChI is InChI=1S/C19H35NO5S/c1-16(2)26(21,22)20-9-7-19(8-10-20)18(6-14-25-19)5-13-24-15-17-3-11-23-12-4-17/h16-18H,3-15H2,1-2H3/t18-/m0/s1. The third kappa shape index (κ3) is 4.61. The summed E-state index contributed by atoms with van der Waals surface area (Å²) in [4.78, 5) is 0. The van der Waals surface area contributed by atoms with E-state index in [1.54, 1.807) is 18.2 Å². The second-order valence-electron chi connectivity index (χ2n) is 8.31. The molecule has 0 radical (unpaired) electrons. The Morgan fingerprint density at radius 3 is 2.46 bits per heavy atom. The number of hydrogen-bond donors (Lipinski definition) is 0. The van der Waals surface area contributed by atoms with E-state index in [0.29, 0.717) is 24.9 Å². The van der Waals surface area contributed by atoms with Gasteiger partial charge >= 0.3 is 0 Å². The van der Waals surface area contributed by atoms with Crippen molar-refractivity contribution in [3.05, 3.63) is 0 Å². The van der Waals surface area contributed by atoms with Gasteiger partial charge in [0.05, 0.1) is 10.9 Å². The lowest BCUT2D eigenvalue weighted by molar-refractivity contribution is -0.0630. The van der Waals surface area contributed by atoms with E-state index in [1.165, 1.54) is 0 Å². The maximum atomic E-state index is 12.4. The summed E-state index contributed by atoms with van der Waals surface area (Å²) < 4.78 is 43.9. The van der Waals surface area contributed by atoms with Crippen LogP contribution in [0.15, 0.2) is 0 Å². The van der Waals surface area contributed by atoms with E-state index in [1.807, 2.05) is 0 Å². The van der Waals surface area contributed by atoms with Crippen molar-refractivity contribution in [3.63, 3.8) is 0 Å². The number of nitrogens with zero attached hydrogens (tertiary/aromatic N) is 1. The number of hydrogen-bond acceptors (Lipinski definition) is 5. The van der Waals surface area contributed by atoms with E-state index in [9.17, 15) is 8.42 Å². The van der Waals surface area contributed by atoms with Crippen molar-refractivity contribution in [2.45, 2.75) is 63.2 Å². The third-order valence-corrected chi connectivity index (χ3v) is 8.71. The van der Waals surface area contributed by atoms with Crippen molar-refractivity contribution in [2.75, 3.05) is 46.1 Å². The Kier molecular flexibility index (Phi) is 6.99. The zero-order valence-corrected chi connectivity index (χ0v) is 17.1. The van der Waals surface area contributed by atoms with Crippen LogP contribution in [0.25, 0.3) is 0 Å². The van der Waals surface area contributed by atoms with Gasteiger partial charge in [-0.05, 0) is 64.2 Å². The largest absolute Gasteiger partial charge is 0.381 e. The molecule has 0 aromatic carbocycles. The molecule has 0 amide bonds. The van der Waals surface area contributed by atoms with Gasteiger partial charge in [0, 0.05) is 46.1 Å². The van der Waals surface area contributed by atoms with Crippen molar-refractivity contribution < 1.29 is 22.6 Å². The Hall–Kier alpha value is -0.210. The molecular formula is C19H35NO5S. The summed E-state index contributed by atoms with van der Waals surface area (Å²) in [6.45, 7) is 8.81. The zero-order valence-electron chi connectivity index (χ0n) is 16.3. The summed E-state index contributed by atoms with van der Waals surface area (Å²) in [7, 11) is -3.15. The summed E-state index contributed by atoms with van der Waals surface area (Å²) in [6.07, 6.45) is 5.91. The maximum Gasteiger partial charge on any atom is 0.216 e. The van der Waals surface area contributed by atoms with Crippen LogP contribution in [-0.2, 0) is 24.2 Å². The van der Waals surface area contributed by atoms with Crippen LogP contribution in [-0.4, -0.2) is 69.7 Å². The molecule has 0 bridgehead atoms. The summed E-state index contributed by atoms with van der Waals surface area (Å²) in [5.74, 6) is 1.13. The van der Waals surface area contributed by atoms with Crippen molar-refractivity contribution >= 4 is 10.0 Å². The van der Waals surface area contributed by atoms with Crippen LogP contribution >= 0.6 is 0 Å². The molecule has 3 fully saturated rings. The molecule has 0 aromatic heterocycles. The van der Waals surface area contributed by atoms with E-state index < -0.39 is 10.0 Å². The Bertz CT molecular complexity index is 536. The molecule has 3 aliphatic heterocycles. The Morgan fingerprint density at radius 2 is 1.81 bits per heavy atom. The van der Waals surface area contributed by atoms with Gasteiger partial charge in [0.15, 0.2) is 0 Å². The van der Waals surface area contributed by atoms with Gasteiger partial charge in [-0.3, -0.25) is 0 Å². The lowest BCUT2D eigenvalue weighted by Gasteiger charge is -2.42. The van der Waals surface area contributed by atoms with Crippen LogP contribution in [0, 0.1) is 11.8 Å². The topological polar surface area (TPSA) is 65.1 Å². The highest BCUT2D eigenvalue weighted by atomic mass is 32.2. The first-order chi connectivity index (χ1) is 12.4. The van der Waals surface area contributed by atoms with Gasteiger partial charge < -0.3 is 14.2 Å². The molecule has 152 valence electrons. The fraction of sp³-hybridized carbons (Fsp3) is 1.00. The Morgan fingerprint density at radius 1 is 1.12 bits per heavy atom. The first kappa shape index (κ1) is 20.5. The van der Waals surface area contributed by atoms with Crippen molar-refractivity contribution in [2.24, 2.45) is 11.8 Å². The van der Waals surface area contributed by atoms with Gasteiger partial charge in [-0.1, -0.05) is 0 Å². The quantitative estimate of drug-likeness (QED) is 0.626. The van der Waals surface area contributed by atoms with E-state index >= 15 is 0 Å². The SMILES string of the molecule is CC(C)S(=O)(=O)N1CCC2(CC1)OCC[C@@H]2CCOCC1CCOCC1. The molecule has 3 rings (SSSR count). The summed E-state index contributed by atoms with van der Waals surface area (Å²) in [5.41, 5.74) is -0.134. The number of sulfonamides is 1. The lowest BCUT2D eigenvalue weighted by Crippen LogP contribution is -2.50. The summed E-state index contributed by atoms with van der Waals surface area (Å²) >= 11 is 0. The highest BCUT2D eigenvalue weighted by molar-refractivity contribution is 7.89. The monoisotopic (exact) mass is 389 g/mol. The highest BCUT2D eigenvalue weighted by Crippen LogP contribution is 2.43. The van der Waals surface area contributed by atoms with Gasteiger partial charge in [-0.2, -0.15) is 0 Å². The molecule has 0 saturated carbocycles. The molecule has 0 N–H and O–H groups in total. The first-order valence-corrected chi connectivity index (χ1v) is 11.7. The third-order valence-electron chi connectivity index (χ3n) is 6.43. The Balaban J connectivity index is 1.44. The van der Waals surface area contributed by atoms with Crippen LogP contribution in [0.2, 0.25) is 0 Å². The normalized spacial score (nSPS) is 28.2. The lowest BCUT2D eigenvalue weighted by atomic mass is 9.78. The van der Waals surface area contributed by atoms with Crippen molar-refractivity contribution in [3.8, 4) is 0 Å². The van der Waals surface area contributed by atoms with Gasteiger partial charge in [-0.25, -0.2) is 12.7 Å². The molecule has 3 heterocycles. The van der Waals surface area contributed by atoms with Gasteiger partial charge in [0.1, 0.15) is 0 Å². The molecule has 6 nitrogen and oxygen atoms in total.